The summed E-state index contributed by atoms with van der Waals surface area (Å²) >= 11 is 0. The molecule has 2 rings (SSSR count). The van der Waals surface area contributed by atoms with Gasteiger partial charge in [-0.25, -0.2) is 0 Å². The third kappa shape index (κ3) is 4.85. The van der Waals surface area contributed by atoms with Crippen molar-refractivity contribution in [3.05, 3.63) is 35.9 Å². The molecule has 21 heavy (non-hydrogen) atoms. The first-order chi connectivity index (χ1) is 9.85. The molecule has 1 fully saturated rings. The molecule has 3 heteroatoms. The van der Waals surface area contributed by atoms with Crippen LogP contribution in [0.3, 0.4) is 0 Å². The Kier molecular flexibility index (Phi) is 5.04. The number of hydrogen-bond acceptors (Lipinski definition) is 2. The van der Waals surface area contributed by atoms with Crippen molar-refractivity contribution in [1.29, 1.82) is 0 Å². The van der Waals surface area contributed by atoms with E-state index in [-0.39, 0.29) is 29.3 Å². The molecule has 1 saturated carbocycles. The lowest BCUT2D eigenvalue weighted by Gasteiger charge is -2.28. The fraction of sp³-hybridized carbons (Fsp3) is 0.611. The summed E-state index contributed by atoms with van der Waals surface area (Å²) in [5.74, 6) is 0.257. The topological polar surface area (TPSA) is 55.1 Å². The molecule has 0 saturated heterocycles. The Bertz CT molecular complexity index is 464. The molecule has 116 valence electrons. The quantitative estimate of drug-likeness (QED) is 0.892. The fourth-order valence-electron chi connectivity index (χ4n) is 3.09. The molecule has 3 N–H and O–H groups in total. The number of carbonyl (C=O) groups is 1. The second kappa shape index (κ2) is 6.61. The summed E-state index contributed by atoms with van der Waals surface area (Å²) in [6.45, 7) is 6.63. The summed E-state index contributed by atoms with van der Waals surface area (Å²) in [7, 11) is 0. The molecule has 0 radical (unpaired) electrons. The highest BCUT2D eigenvalue weighted by atomic mass is 16.1. The summed E-state index contributed by atoms with van der Waals surface area (Å²) in [4.78, 5) is 12.5. The molecule has 1 aromatic rings. The number of nitrogens with two attached hydrogens (primary N) is 1. The lowest BCUT2D eigenvalue weighted by Crippen LogP contribution is -2.35. The molecule has 0 bridgehead atoms. The van der Waals surface area contributed by atoms with Gasteiger partial charge in [-0.2, -0.15) is 0 Å². The highest BCUT2D eigenvalue weighted by Gasteiger charge is 2.30. The number of nitrogens with one attached hydrogen (secondary N) is 1. The Labute approximate surface area is 128 Å². The zero-order valence-corrected chi connectivity index (χ0v) is 13.4. The lowest BCUT2D eigenvalue weighted by atomic mass is 9.85. The van der Waals surface area contributed by atoms with Crippen molar-refractivity contribution in [1.82, 2.24) is 5.32 Å². The van der Waals surface area contributed by atoms with Crippen LogP contribution in [-0.4, -0.2) is 11.9 Å². The van der Waals surface area contributed by atoms with Gasteiger partial charge in [0.25, 0.3) is 0 Å². The third-order valence-corrected chi connectivity index (χ3v) is 4.18. The minimum atomic E-state index is 0.0792. The average Bonchev–Trinajstić information content (AvgIpc) is 2.84. The van der Waals surface area contributed by atoms with E-state index in [0.29, 0.717) is 0 Å². The van der Waals surface area contributed by atoms with Crippen LogP contribution in [0.2, 0.25) is 0 Å². The van der Waals surface area contributed by atoms with Crippen LogP contribution in [0.5, 0.6) is 0 Å². The Morgan fingerprint density at radius 1 is 1.29 bits per heavy atom. The molecular weight excluding hydrogens is 260 g/mol. The standard InChI is InChI=1S/C18H28N2O/c1-18(2,3)12-16(13-7-5-4-6-8-13)20-17(21)14-9-10-15(19)11-14/h4-8,14-16H,9-12,19H2,1-3H3,(H,20,21). The van der Waals surface area contributed by atoms with Gasteiger partial charge in [0.15, 0.2) is 0 Å². The molecule has 0 spiro atoms. The fourth-order valence-corrected chi connectivity index (χ4v) is 3.09. The first-order valence-corrected chi connectivity index (χ1v) is 7.96. The van der Waals surface area contributed by atoms with Crippen LogP contribution in [0.25, 0.3) is 0 Å². The van der Waals surface area contributed by atoms with Gasteiger partial charge < -0.3 is 11.1 Å². The molecule has 3 unspecified atom stereocenters. The van der Waals surface area contributed by atoms with Gasteiger partial charge in [0.1, 0.15) is 0 Å². The Hall–Kier alpha value is -1.35. The number of benzene rings is 1. The average molecular weight is 288 g/mol. The molecule has 1 amide bonds. The van der Waals surface area contributed by atoms with Crippen LogP contribution in [0.15, 0.2) is 30.3 Å². The van der Waals surface area contributed by atoms with Crippen LogP contribution in [-0.2, 0) is 4.79 Å². The first kappa shape index (κ1) is 16.0. The summed E-state index contributed by atoms with van der Waals surface area (Å²) in [6.07, 6.45) is 3.64. The highest BCUT2D eigenvalue weighted by Crippen LogP contribution is 2.31. The van der Waals surface area contributed by atoms with Gasteiger partial charge in [0.2, 0.25) is 5.91 Å². The van der Waals surface area contributed by atoms with E-state index in [4.69, 9.17) is 5.73 Å². The van der Waals surface area contributed by atoms with Crippen LogP contribution < -0.4 is 11.1 Å². The van der Waals surface area contributed by atoms with Gasteiger partial charge in [0.05, 0.1) is 6.04 Å². The maximum Gasteiger partial charge on any atom is 0.223 e. The van der Waals surface area contributed by atoms with E-state index in [1.54, 1.807) is 0 Å². The van der Waals surface area contributed by atoms with Gasteiger partial charge in [-0.1, -0.05) is 51.1 Å². The molecule has 1 aliphatic rings. The van der Waals surface area contributed by atoms with E-state index < -0.39 is 0 Å². The monoisotopic (exact) mass is 288 g/mol. The largest absolute Gasteiger partial charge is 0.349 e. The van der Waals surface area contributed by atoms with Crippen molar-refractivity contribution in [2.75, 3.05) is 0 Å². The van der Waals surface area contributed by atoms with Crippen molar-refractivity contribution in [2.24, 2.45) is 17.1 Å². The molecule has 3 atom stereocenters. The zero-order valence-electron chi connectivity index (χ0n) is 13.4. The van der Waals surface area contributed by atoms with Gasteiger partial charge >= 0.3 is 0 Å². The third-order valence-electron chi connectivity index (χ3n) is 4.18. The molecule has 3 nitrogen and oxygen atoms in total. The summed E-state index contributed by atoms with van der Waals surface area (Å²) in [5.41, 5.74) is 7.28. The Morgan fingerprint density at radius 2 is 1.95 bits per heavy atom. The van der Waals surface area contributed by atoms with Crippen molar-refractivity contribution < 1.29 is 4.79 Å². The van der Waals surface area contributed by atoms with Crippen LogP contribution >= 0.6 is 0 Å². The lowest BCUT2D eigenvalue weighted by molar-refractivity contribution is -0.125. The molecule has 0 aliphatic heterocycles. The van der Waals surface area contributed by atoms with E-state index >= 15 is 0 Å². The van der Waals surface area contributed by atoms with Gasteiger partial charge in [-0.15, -0.1) is 0 Å². The maximum atomic E-state index is 12.5. The van der Waals surface area contributed by atoms with E-state index in [1.165, 1.54) is 5.56 Å². The highest BCUT2D eigenvalue weighted by molar-refractivity contribution is 5.79. The molecule has 0 aromatic heterocycles. The van der Waals surface area contributed by atoms with E-state index in [0.717, 1.165) is 25.7 Å². The predicted octanol–water partition coefficient (Wildman–Crippen LogP) is 3.41. The van der Waals surface area contributed by atoms with Crippen LogP contribution in [0.4, 0.5) is 0 Å². The first-order valence-electron chi connectivity index (χ1n) is 7.96. The number of hydrogen-bond donors (Lipinski definition) is 2. The van der Waals surface area contributed by atoms with Crippen LogP contribution in [0, 0.1) is 11.3 Å². The molecule has 1 aromatic carbocycles. The van der Waals surface area contributed by atoms with Crippen LogP contribution in [0.1, 0.15) is 58.1 Å². The van der Waals surface area contributed by atoms with Crippen molar-refractivity contribution in [3.63, 3.8) is 0 Å². The van der Waals surface area contributed by atoms with E-state index in [9.17, 15) is 4.79 Å². The smallest absolute Gasteiger partial charge is 0.223 e. The predicted molar refractivity (Wildman–Crippen MR) is 86.7 cm³/mol. The molecule has 0 heterocycles. The maximum absolute atomic E-state index is 12.5. The van der Waals surface area contributed by atoms with Crippen molar-refractivity contribution in [3.8, 4) is 0 Å². The second-order valence-corrected chi connectivity index (χ2v) is 7.51. The summed E-state index contributed by atoms with van der Waals surface area (Å²) in [6, 6.07) is 10.5. The molecule has 1 aliphatic carbocycles. The van der Waals surface area contributed by atoms with Gasteiger partial charge in [-0.3, -0.25) is 4.79 Å². The van der Waals surface area contributed by atoms with Crippen molar-refractivity contribution >= 4 is 5.91 Å². The van der Waals surface area contributed by atoms with Gasteiger partial charge in [-0.05, 0) is 36.7 Å². The Morgan fingerprint density at radius 3 is 2.48 bits per heavy atom. The van der Waals surface area contributed by atoms with Gasteiger partial charge in [0, 0.05) is 12.0 Å². The van der Waals surface area contributed by atoms with Crippen molar-refractivity contribution in [2.45, 2.75) is 58.5 Å². The number of amides is 1. The minimum absolute atomic E-state index is 0.0792. The molecular formula is C18H28N2O. The Balaban J connectivity index is 2.07. The normalized spacial score (nSPS) is 23.8. The summed E-state index contributed by atoms with van der Waals surface area (Å²) in [5, 5.41) is 3.26. The second-order valence-electron chi connectivity index (χ2n) is 7.51. The number of carbonyl (C=O) groups excluding carboxylic acids is 1. The summed E-state index contributed by atoms with van der Waals surface area (Å²) < 4.78 is 0. The zero-order chi connectivity index (χ0) is 15.5. The minimum Gasteiger partial charge on any atom is -0.349 e. The van der Waals surface area contributed by atoms with E-state index in [2.05, 4.69) is 38.2 Å². The number of rotatable bonds is 4. The van der Waals surface area contributed by atoms with E-state index in [1.807, 2.05) is 18.2 Å². The SMILES string of the molecule is CC(C)(C)CC(NC(=O)C1CCC(N)C1)c1ccccc1.